The smallest absolute Gasteiger partial charge is 0.348 e. The standard InChI is InChI=1S/C14H17NO3S/c1-4-8-5-6-9(18-8)12-10(7(2)3)11(15)13(19-12)14(16)17/h5-7H,4,15H2,1-3H3,(H,16,17). The number of carboxylic acids is 1. The minimum Gasteiger partial charge on any atom is -0.477 e. The van der Waals surface area contributed by atoms with Crippen molar-refractivity contribution in [3.8, 4) is 10.6 Å². The number of nitrogen functional groups attached to an aromatic ring is 1. The molecule has 5 heteroatoms. The van der Waals surface area contributed by atoms with Crippen LogP contribution in [0.3, 0.4) is 0 Å². The first-order chi connectivity index (χ1) is 8.95. The summed E-state index contributed by atoms with van der Waals surface area (Å²) >= 11 is 1.18. The summed E-state index contributed by atoms with van der Waals surface area (Å²) in [5.41, 5.74) is 7.19. The van der Waals surface area contributed by atoms with Crippen LogP contribution in [0.15, 0.2) is 16.5 Å². The Bertz CT molecular complexity index is 610. The molecule has 0 amide bonds. The lowest BCUT2D eigenvalue weighted by atomic mass is 10.0. The van der Waals surface area contributed by atoms with Crippen LogP contribution in [0.2, 0.25) is 0 Å². The molecule has 2 aromatic rings. The Morgan fingerprint density at radius 2 is 2.16 bits per heavy atom. The maximum absolute atomic E-state index is 11.2. The summed E-state index contributed by atoms with van der Waals surface area (Å²) in [5, 5.41) is 9.18. The van der Waals surface area contributed by atoms with Gasteiger partial charge in [0.25, 0.3) is 0 Å². The number of aryl methyl sites for hydroxylation is 1. The molecule has 0 saturated heterocycles. The number of rotatable bonds is 4. The zero-order chi connectivity index (χ0) is 14.2. The average molecular weight is 279 g/mol. The molecule has 4 nitrogen and oxygen atoms in total. The van der Waals surface area contributed by atoms with Crippen LogP contribution in [0.25, 0.3) is 10.6 Å². The number of hydrogen-bond acceptors (Lipinski definition) is 4. The van der Waals surface area contributed by atoms with Crippen LogP contribution < -0.4 is 5.73 Å². The lowest BCUT2D eigenvalue weighted by Crippen LogP contribution is -2.00. The number of thiophene rings is 1. The zero-order valence-corrected chi connectivity index (χ0v) is 12.0. The summed E-state index contributed by atoms with van der Waals surface area (Å²) < 4.78 is 5.72. The Morgan fingerprint density at radius 3 is 2.63 bits per heavy atom. The molecule has 0 radical (unpaired) electrons. The summed E-state index contributed by atoms with van der Waals surface area (Å²) in [4.78, 5) is 12.2. The molecule has 0 saturated carbocycles. The predicted molar refractivity (Wildman–Crippen MR) is 76.9 cm³/mol. The number of furan rings is 1. The second-order valence-corrected chi connectivity index (χ2v) is 5.69. The molecular weight excluding hydrogens is 262 g/mol. The van der Waals surface area contributed by atoms with E-state index in [1.165, 1.54) is 11.3 Å². The third-order valence-electron chi connectivity index (χ3n) is 2.99. The van der Waals surface area contributed by atoms with Crippen molar-refractivity contribution in [3.05, 3.63) is 28.3 Å². The largest absolute Gasteiger partial charge is 0.477 e. The van der Waals surface area contributed by atoms with Crippen LogP contribution >= 0.6 is 11.3 Å². The minimum atomic E-state index is -0.988. The van der Waals surface area contributed by atoms with Crippen molar-refractivity contribution in [2.75, 3.05) is 5.73 Å². The van der Waals surface area contributed by atoms with Gasteiger partial charge in [-0.2, -0.15) is 0 Å². The van der Waals surface area contributed by atoms with Gasteiger partial charge in [-0.25, -0.2) is 4.79 Å². The fraction of sp³-hybridized carbons (Fsp3) is 0.357. The molecule has 3 N–H and O–H groups in total. The molecule has 0 spiro atoms. The van der Waals surface area contributed by atoms with Crippen LogP contribution in [0, 0.1) is 0 Å². The van der Waals surface area contributed by atoms with E-state index in [9.17, 15) is 9.90 Å². The van der Waals surface area contributed by atoms with Crippen molar-refractivity contribution in [2.45, 2.75) is 33.1 Å². The van der Waals surface area contributed by atoms with Crippen molar-refractivity contribution >= 4 is 23.0 Å². The maximum Gasteiger partial charge on any atom is 0.348 e. The molecule has 0 bridgehead atoms. The monoisotopic (exact) mass is 279 g/mol. The van der Waals surface area contributed by atoms with Gasteiger partial charge in [0.1, 0.15) is 16.4 Å². The molecule has 0 aromatic carbocycles. The van der Waals surface area contributed by atoms with Gasteiger partial charge in [-0.3, -0.25) is 0 Å². The molecule has 0 aliphatic rings. The maximum atomic E-state index is 11.2. The first kappa shape index (κ1) is 13.7. The third-order valence-corrected chi connectivity index (χ3v) is 4.21. The van der Waals surface area contributed by atoms with E-state index >= 15 is 0 Å². The van der Waals surface area contributed by atoms with Crippen molar-refractivity contribution < 1.29 is 14.3 Å². The van der Waals surface area contributed by atoms with Gasteiger partial charge < -0.3 is 15.3 Å². The van der Waals surface area contributed by atoms with E-state index in [0.29, 0.717) is 11.4 Å². The SMILES string of the molecule is CCc1ccc(-c2sc(C(=O)O)c(N)c2C(C)C)o1. The van der Waals surface area contributed by atoms with Crippen LogP contribution in [-0.4, -0.2) is 11.1 Å². The average Bonchev–Trinajstić information content (AvgIpc) is 2.92. The molecule has 0 aliphatic carbocycles. The second kappa shape index (κ2) is 5.09. The van der Waals surface area contributed by atoms with E-state index in [-0.39, 0.29) is 10.8 Å². The highest BCUT2D eigenvalue weighted by Crippen LogP contribution is 2.43. The molecule has 0 unspecified atom stereocenters. The van der Waals surface area contributed by atoms with E-state index in [1.807, 2.05) is 32.9 Å². The highest BCUT2D eigenvalue weighted by atomic mass is 32.1. The van der Waals surface area contributed by atoms with Crippen LogP contribution in [-0.2, 0) is 6.42 Å². The normalized spacial score (nSPS) is 11.2. The van der Waals surface area contributed by atoms with Crippen molar-refractivity contribution in [3.63, 3.8) is 0 Å². The summed E-state index contributed by atoms with van der Waals surface area (Å²) in [5.74, 6) is 0.741. The van der Waals surface area contributed by atoms with Gasteiger partial charge in [-0.1, -0.05) is 20.8 Å². The van der Waals surface area contributed by atoms with Gasteiger partial charge in [0.05, 0.1) is 10.6 Å². The highest BCUT2D eigenvalue weighted by molar-refractivity contribution is 7.18. The molecule has 2 aromatic heterocycles. The summed E-state index contributed by atoms with van der Waals surface area (Å²) in [7, 11) is 0. The number of carboxylic acid groups (broad SMARTS) is 1. The predicted octanol–water partition coefficient (Wildman–Crippen LogP) is 3.97. The Morgan fingerprint density at radius 1 is 1.47 bits per heavy atom. The molecular formula is C14H17NO3S. The van der Waals surface area contributed by atoms with Crippen LogP contribution in [0.1, 0.15) is 47.7 Å². The van der Waals surface area contributed by atoms with Gasteiger partial charge in [0.15, 0.2) is 0 Å². The Hall–Kier alpha value is -1.75. The Kier molecular flexibility index (Phi) is 3.66. The second-order valence-electron chi connectivity index (χ2n) is 4.67. The van der Waals surface area contributed by atoms with E-state index < -0.39 is 5.97 Å². The van der Waals surface area contributed by atoms with Gasteiger partial charge in [0, 0.05) is 12.0 Å². The van der Waals surface area contributed by atoms with E-state index in [4.69, 9.17) is 10.2 Å². The first-order valence-corrected chi connectivity index (χ1v) is 7.01. The number of aromatic carboxylic acids is 1. The topological polar surface area (TPSA) is 76.5 Å². The van der Waals surface area contributed by atoms with Gasteiger partial charge in [-0.05, 0) is 18.1 Å². The van der Waals surface area contributed by atoms with Gasteiger partial charge in [-0.15, -0.1) is 11.3 Å². The Balaban J connectivity index is 2.61. The molecule has 0 aliphatic heterocycles. The number of hydrogen-bond donors (Lipinski definition) is 2. The zero-order valence-electron chi connectivity index (χ0n) is 11.2. The minimum absolute atomic E-state index is 0.148. The lowest BCUT2D eigenvalue weighted by Gasteiger charge is -2.07. The van der Waals surface area contributed by atoms with Crippen molar-refractivity contribution in [1.29, 1.82) is 0 Å². The molecule has 19 heavy (non-hydrogen) atoms. The van der Waals surface area contributed by atoms with Gasteiger partial charge >= 0.3 is 5.97 Å². The fourth-order valence-electron chi connectivity index (χ4n) is 2.06. The number of nitrogens with two attached hydrogens (primary N) is 1. The molecule has 0 atom stereocenters. The van der Waals surface area contributed by atoms with Gasteiger partial charge in [0.2, 0.25) is 0 Å². The van der Waals surface area contributed by atoms with Crippen molar-refractivity contribution in [1.82, 2.24) is 0 Å². The first-order valence-electron chi connectivity index (χ1n) is 6.20. The fourth-order valence-corrected chi connectivity index (χ4v) is 3.24. The molecule has 2 rings (SSSR count). The highest BCUT2D eigenvalue weighted by Gasteiger charge is 2.24. The summed E-state index contributed by atoms with van der Waals surface area (Å²) in [6.07, 6.45) is 0.809. The molecule has 0 fully saturated rings. The summed E-state index contributed by atoms with van der Waals surface area (Å²) in [6, 6.07) is 3.79. The Labute approximate surface area is 115 Å². The quantitative estimate of drug-likeness (QED) is 0.887. The summed E-state index contributed by atoms with van der Waals surface area (Å²) in [6.45, 7) is 6.01. The number of anilines is 1. The van der Waals surface area contributed by atoms with Crippen molar-refractivity contribution in [2.24, 2.45) is 0 Å². The van der Waals surface area contributed by atoms with E-state index in [1.54, 1.807) is 0 Å². The number of carbonyl (C=O) groups is 1. The lowest BCUT2D eigenvalue weighted by molar-refractivity contribution is 0.0703. The molecule has 2 heterocycles. The third kappa shape index (κ3) is 2.38. The van der Waals surface area contributed by atoms with Crippen LogP contribution in [0.5, 0.6) is 0 Å². The van der Waals surface area contributed by atoms with Crippen LogP contribution in [0.4, 0.5) is 5.69 Å². The van der Waals surface area contributed by atoms with E-state index in [2.05, 4.69) is 0 Å². The molecule has 102 valence electrons. The van der Waals surface area contributed by atoms with E-state index in [0.717, 1.165) is 22.6 Å².